The van der Waals surface area contributed by atoms with Crippen LogP contribution < -0.4 is 0 Å². The van der Waals surface area contributed by atoms with Gasteiger partial charge in [0.2, 0.25) is 0 Å². The predicted molar refractivity (Wildman–Crippen MR) is 183 cm³/mol. The van der Waals surface area contributed by atoms with E-state index < -0.39 is 0 Å². The van der Waals surface area contributed by atoms with Crippen LogP contribution in [0.1, 0.15) is 94.9 Å². The van der Waals surface area contributed by atoms with Crippen molar-refractivity contribution in [1.29, 1.82) is 0 Å². The molecule has 0 amide bonds. The molecule has 0 aromatic carbocycles. The van der Waals surface area contributed by atoms with Crippen molar-refractivity contribution >= 4 is 0 Å². The van der Waals surface area contributed by atoms with Gasteiger partial charge in [0.25, 0.3) is 0 Å². The summed E-state index contributed by atoms with van der Waals surface area (Å²) in [5.41, 5.74) is 6.43. The molecule has 4 rings (SSSR count). The molecule has 0 saturated heterocycles. The monoisotopic (exact) mass is 600 g/mol. The van der Waals surface area contributed by atoms with Crippen molar-refractivity contribution < 1.29 is 19.7 Å². The molecule has 2 N–H and O–H groups in total. The third kappa shape index (κ3) is 7.83. The lowest BCUT2D eigenvalue weighted by molar-refractivity contribution is -0.0688. The summed E-state index contributed by atoms with van der Waals surface area (Å²) in [5.74, 6) is 0. The second-order valence-corrected chi connectivity index (χ2v) is 15.3. The molecule has 44 heavy (non-hydrogen) atoms. The SMILES string of the molecule is CC(C=CC=C(C)C1C=C2C(C)(C)CC(O)CC2(C)O1)=CC=CC=C(C)C=CC=C(C)C1C=C2C(C)(C)CC(O)CC2(C)O1. The molecule has 0 aromatic heterocycles. The molecule has 0 aromatic rings. The number of hydrogen-bond donors (Lipinski definition) is 2. The van der Waals surface area contributed by atoms with Crippen LogP contribution in [0, 0.1) is 10.8 Å². The fourth-order valence-corrected chi connectivity index (χ4v) is 7.92. The van der Waals surface area contributed by atoms with Gasteiger partial charge in [0, 0.05) is 12.8 Å². The number of hydrogen-bond acceptors (Lipinski definition) is 4. The first-order chi connectivity index (χ1) is 20.4. The zero-order chi connectivity index (χ0) is 32.5. The highest BCUT2D eigenvalue weighted by atomic mass is 16.5. The summed E-state index contributed by atoms with van der Waals surface area (Å²) < 4.78 is 12.9. The van der Waals surface area contributed by atoms with Crippen LogP contribution in [0.25, 0.3) is 0 Å². The average Bonchev–Trinajstić information content (AvgIpc) is 3.43. The summed E-state index contributed by atoms with van der Waals surface area (Å²) in [5, 5.41) is 20.8. The fourth-order valence-electron chi connectivity index (χ4n) is 7.92. The lowest BCUT2D eigenvalue weighted by Crippen LogP contribution is -2.45. The van der Waals surface area contributed by atoms with Crippen molar-refractivity contribution in [3.8, 4) is 0 Å². The van der Waals surface area contributed by atoms with Crippen molar-refractivity contribution in [2.45, 2.75) is 131 Å². The summed E-state index contributed by atoms with van der Waals surface area (Å²) in [6, 6.07) is 0. The van der Waals surface area contributed by atoms with Gasteiger partial charge in [0.05, 0.1) is 35.6 Å². The van der Waals surface area contributed by atoms with Crippen LogP contribution in [0.4, 0.5) is 0 Å². The Morgan fingerprint density at radius 2 is 0.955 bits per heavy atom. The maximum atomic E-state index is 10.4. The Balaban J connectivity index is 1.29. The highest BCUT2D eigenvalue weighted by Gasteiger charge is 2.51. The molecule has 6 unspecified atom stereocenters. The Morgan fingerprint density at radius 3 is 1.32 bits per heavy atom. The van der Waals surface area contributed by atoms with Gasteiger partial charge in [-0.15, -0.1) is 0 Å². The normalized spacial score (nSPS) is 36.3. The largest absolute Gasteiger partial charge is 0.393 e. The molecule has 2 aliphatic heterocycles. The number of rotatable bonds is 8. The number of ether oxygens (including phenoxy) is 2. The van der Waals surface area contributed by atoms with Crippen molar-refractivity contribution in [2.24, 2.45) is 10.8 Å². The fraction of sp³-hybridized carbons (Fsp3) is 0.550. The summed E-state index contributed by atoms with van der Waals surface area (Å²) in [7, 11) is 0. The van der Waals surface area contributed by atoms with Crippen molar-refractivity contribution in [1.82, 2.24) is 0 Å². The number of fused-ring (bicyclic) bond motifs is 2. The van der Waals surface area contributed by atoms with Crippen molar-refractivity contribution in [3.63, 3.8) is 0 Å². The van der Waals surface area contributed by atoms with Gasteiger partial charge in [-0.05, 0) is 99.7 Å². The Bertz CT molecular complexity index is 1270. The average molecular weight is 601 g/mol. The number of aliphatic hydroxyl groups is 2. The predicted octanol–water partition coefficient (Wildman–Crippen LogP) is 8.97. The minimum absolute atomic E-state index is 0.0509. The van der Waals surface area contributed by atoms with Gasteiger partial charge in [-0.3, -0.25) is 0 Å². The van der Waals surface area contributed by atoms with E-state index in [1.165, 1.54) is 22.3 Å². The number of allylic oxidation sites excluding steroid dienone is 12. The maximum absolute atomic E-state index is 10.4. The summed E-state index contributed by atoms with van der Waals surface area (Å²) in [6.45, 7) is 21.5. The molecule has 0 bridgehead atoms. The third-order valence-electron chi connectivity index (χ3n) is 9.91. The smallest absolute Gasteiger partial charge is 0.0982 e. The summed E-state index contributed by atoms with van der Waals surface area (Å²) >= 11 is 0. The molecule has 4 aliphatic rings. The first-order valence-electron chi connectivity index (χ1n) is 16.3. The van der Waals surface area contributed by atoms with Gasteiger partial charge in [0.15, 0.2) is 0 Å². The van der Waals surface area contributed by atoms with Gasteiger partial charge in [-0.25, -0.2) is 0 Å². The molecule has 4 heteroatoms. The quantitative estimate of drug-likeness (QED) is 0.216. The summed E-state index contributed by atoms with van der Waals surface area (Å²) in [4.78, 5) is 0. The molecule has 0 radical (unpaired) electrons. The van der Waals surface area contributed by atoms with E-state index in [0.29, 0.717) is 12.8 Å². The zero-order valence-electron chi connectivity index (χ0n) is 28.8. The van der Waals surface area contributed by atoms with E-state index in [1.54, 1.807) is 0 Å². The molecule has 4 nitrogen and oxygen atoms in total. The molecular weight excluding hydrogens is 544 g/mol. The summed E-state index contributed by atoms with van der Waals surface area (Å²) in [6.07, 6.45) is 27.7. The lowest BCUT2D eigenvalue weighted by atomic mass is 9.65. The molecule has 2 saturated carbocycles. The van der Waals surface area contributed by atoms with Gasteiger partial charge in [-0.2, -0.15) is 0 Å². The molecule has 2 fully saturated rings. The van der Waals surface area contributed by atoms with Crippen LogP contribution >= 0.6 is 0 Å². The van der Waals surface area contributed by atoms with Crippen molar-refractivity contribution in [3.05, 3.63) is 106 Å². The van der Waals surface area contributed by atoms with E-state index in [4.69, 9.17) is 9.47 Å². The van der Waals surface area contributed by atoms with E-state index in [1.807, 2.05) is 0 Å². The van der Waals surface area contributed by atoms with Gasteiger partial charge < -0.3 is 19.7 Å². The second kappa shape index (κ2) is 13.1. The van der Waals surface area contributed by atoms with Crippen LogP contribution in [-0.2, 0) is 9.47 Å². The topological polar surface area (TPSA) is 58.9 Å². The van der Waals surface area contributed by atoms with Gasteiger partial charge >= 0.3 is 0 Å². The molecule has 0 spiro atoms. The standard InChI is InChI=1S/C40H56O4/c1-27(17-13-19-29(3)33-21-35-37(5,6)23-31(41)25-39(35,9)43-33)15-11-12-16-28(2)18-14-20-30(4)34-22-36-38(7,8)24-32(42)26-40(36,10)44-34/h11-22,31-34,41-42H,23-26H2,1-10H3. The van der Waals surface area contributed by atoms with Crippen LogP contribution in [0.5, 0.6) is 0 Å². The van der Waals surface area contributed by atoms with Crippen LogP contribution in [0.15, 0.2) is 106 Å². The Morgan fingerprint density at radius 1 is 0.591 bits per heavy atom. The van der Waals surface area contributed by atoms with Gasteiger partial charge in [0.1, 0.15) is 0 Å². The minimum atomic E-state index is -0.386. The third-order valence-corrected chi connectivity index (χ3v) is 9.91. The van der Waals surface area contributed by atoms with E-state index in [9.17, 15) is 10.2 Å². The second-order valence-electron chi connectivity index (χ2n) is 15.3. The Labute approximate surface area is 267 Å². The molecule has 2 aliphatic carbocycles. The lowest BCUT2D eigenvalue weighted by Gasteiger charge is -2.44. The number of aliphatic hydroxyl groups excluding tert-OH is 2. The van der Waals surface area contributed by atoms with Crippen LogP contribution in [0.2, 0.25) is 0 Å². The molecule has 2 heterocycles. The van der Waals surface area contributed by atoms with E-state index >= 15 is 0 Å². The molecular formula is C40H56O4. The van der Waals surface area contributed by atoms with E-state index in [2.05, 4.69) is 142 Å². The highest BCUT2D eigenvalue weighted by Crippen LogP contribution is 2.53. The first-order valence-corrected chi connectivity index (χ1v) is 16.3. The Hall–Kier alpha value is -2.50. The minimum Gasteiger partial charge on any atom is -0.393 e. The van der Waals surface area contributed by atoms with Gasteiger partial charge in [-0.1, -0.05) is 99.6 Å². The zero-order valence-corrected chi connectivity index (χ0v) is 28.8. The molecule has 240 valence electrons. The molecule has 6 atom stereocenters. The first kappa shape index (κ1) is 34.4. The van der Waals surface area contributed by atoms with E-state index in [0.717, 1.165) is 24.0 Å². The van der Waals surface area contributed by atoms with E-state index in [-0.39, 0.29) is 46.4 Å². The maximum Gasteiger partial charge on any atom is 0.0982 e. The van der Waals surface area contributed by atoms with Crippen molar-refractivity contribution in [2.75, 3.05) is 0 Å². The highest BCUT2D eigenvalue weighted by molar-refractivity contribution is 5.39. The van der Waals surface area contributed by atoms with Crippen LogP contribution in [0.3, 0.4) is 0 Å². The van der Waals surface area contributed by atoms with Crippen LogP contribution in [-0.4, -0.2) is 45.8 Å². The Kier molecular flexibility index (Phi) is 10.2.